The van der Waals surface area contributed by atoms with Gasteiger partial charge in [-0.1, -0.05) is 44.2 Å². The maximum atomic E-state index is 13.1. The van der Waals surface area contributed by atoms with Crippen LogP contribution in [0.5, 0.6) is 0 Å². The van der Waals surface area contributed by atoms with Crippen LogP contribution >= 0.6 is 0 Å². The van der Waals surface area contributed by atoms with Gasteiger partial charge in [0.05, 0.1) is 6.04 Å². The minimum Gasteiger partial charge on any atom is -0.451 e. The van der Waals surface area contributed by atoms with E-state index in [0.29, 0.717) is 12.3 Å². The van der Waals surface area contributed by atoms with E-state index in [1.807, 2.05) is 18.2 Å². The van der Waals surface area contributed by atoms with Crippen LogP contribution in [-0.2, 0) is 0 Å². The van der Waals surface area contributed by atoms with Crippen molar-refractivity contribution < 1.29 is 13.6 Å². The quantitative estimate of drug-likeness (QED) is 0.605. The third-order valence-corrected chi connectivity index (χ3v) is 4.85. The van der Waals surface area contributed by atoms with E-state index in [9.17, 15) is 9.18 Å². The molecule has 0 saturated carbocycles. The van der Waals surface area contributed by atoms with Crippen LogP contribution in [0.4, 0.5) is 4.39 Å². The summed E-state index contributed by atoms with van der Waals surface area (Å²) in [7, 11) is 0. The second-order valence-corrected chi connectivity index (χ2v) is 6.53. The van der Waals surface area contributed by atoms with E-state index in [1.54, 1.807) is 24.3 Å². The molecule has 0 aliphatic carbocycles. The van der Waals surface area contributed by atoms with Crippen molar-refractivity contribution in [2.24, 2.45) is 0 Å². The Morgan fingerprint density at radius 1 is 1.00 bits per heavy atom. The number of amides is 1. The van der Waals surface area contributed by atoms with Crippen LogP contribution in [0.25, 0.3) is 11.3 Å². The molecule has 2 aromatic carbocycles. The number of nitrogens with one attached hydrogen (secondary N) is 1. The van der Waals surface area contributed by atoms with Crippen molar-refractivity contribution in [2.75, 3.05) is 19.6 Å². The number of hydrogen-bond acceptors (Lipinski definition) is 3. The predicted molar refractivity (Wildman–Crippen MR) is 109 cm³/mol. The van der Waals surface area contributed by atoms with Crippen molar-refractivity contribution in [3.05, 3.63) is 83.9 Å². The molecule has 1 N–H and O–H groups in total. The summed E-state index contributed by atoms with van der Waals surface area (Å²) in [5.74, 6) is 0.206. The second-order valence-electron chi connectivity index (χ2n) is 6.53. The van der Waals surface area contributed by atoms with Crippen molar-refractivity contribution in [1.29, 1.82) is 0 Å². The lowest BCUT2D eigenvalue weighted by molar-refractivity contribution is 0.0908. The first-order valence-corrected chi connectivity index (χ1v) is 9.55. The maximum Gasteiger partial charge on any atom is 0.287 e. The summed E-state index contributed by atoms with van der Waals surface area (Å²) in [6.07, 6.45) is 0. The Morgan fingerprint density at radius 3 is 2.32 bits per heavy atom. The summed E-state index contributed by atoms with van der Waals surface area (Å²) in [5, 5.41) is 2.99. The minimum atomic E-state index is -0.309. The number of likely N-dealkylation sites (N-methyl/N-ethyl adjacent to an activating group) is 1. The largest absolute Gasteiger partial charge is 0.451 e. The molecule has 1 aromatic heterocycles. The standard InChI is InChI=1S/C23H25FN2O2/c1-3-26(4-2)20(17-8-6-5-7-9-17)16-25-23(27)22-15-14-21(28-22)18-10-12-19(24)13-11-18/h5-15,20H,3-4,16H2,1-2H3,(H,25,27). The summed E-state index contributed by atoms with van der Waals surface area (Å²) in [4.78, 5) is 14.9. The Kier molecular flexibility index (Phi) is 6.61. The molecule has 0 saturated heterocycles. The number of rotatable bonds is 8. The Morgan fingerprint density at radius 2 is 1.68 bits per heavy atom. The molecule has 146 valence electrons. The third-order valence-electron chi connectivity index (χ3n) is 4.85. The summed E-state index contributed by atoms with van der Waals surface area (Å²) < 4.78 is 18.8. The SMILES string of the molecule is CCN(CC)C(CNC(=O)c1ccc(-c2ccc(F)cc2)o1)c1ccccc1. The van der Waals surface area contributed by atoms with Crippen LogP contribution in [-0.4, -0.2) is 30.4 Å². The molecule has 5 heteroatoms. The minimum absolute atomic E-state index is 0.0895. The highest BCUT2D eigenvalue weighted by molar-refractivity contribution is 5.92. The van der Waals surface area contributed by atoms with Gasteiger partial charge in [0.25, 0.3) is 5.91 Å². The summed E-state index contributed by atoms with van der Waals surface area (Å²) in [5.41, 5.74) is 1.89. The fourth-order valence-electron chi connectivity index (χ4n) is 3.30. The zero-order valence-electron chi connectivity index (χ0n) is 16.2. The first-order chi connectivity index (χ1) is 13.6. The average molecular weight is 380 g/mol. The first kappa shape index (κ1) is 19.8. The molecular weight excluding hydrogens is 355 g/mol. The molecule has 1 amide bonds. The number of carbonyl (C=O) groups is 1. The molecule has 28 heavy (non-hydrogen) atoms. The van der Waals surface area contributed by atoms with E-state index in [0.717, 1.165) is 24.2 Å². The lowest BCUT2D eigenvalue weighted by Crippen LogP contribution is -2.38. The molecule has 0 aliphatic heterocycles. The van der Waals surface area contributed by atoms with Gasteiger partial charge in [0.15, 0.2) is 5.76 Å². The summed E-state index contributed by atoms with van der Waals surface area (Å²) >= 11 is 0. The molecule has 0 radical (unpaired) electrons. The zero-order valence-corrected chi connectivity index (χ0v) is 16.2. The highest BCUT2D eigenvalue weighted by Crippen LogP contribution is 2.23. The molecule has 0 aliphatic rings. The fourth-order valence-corrected chi connectivity index (χ4v) is 3.30. The van der Waals surface area contributed by atoms with Crippen LogP contribution in [0.2, 0.25) is 0 Å². The van der Waals surface area contributed by atoms with Gasteiger partial charge in [0.2, 0.25) is 0 Å². The molecular formula is C23H25FN2O2. The van der Waals surface area contributed by atoms with Crippen LogP contribution in [0, 0.1) is 5.82 Å². The third kappa shape index (κ3) is 4.67. The van der Waals surface area contributed by atoms with Crippen molar-refractivity contribution in [3.8, 4) is 11.3 Å². The van der Waals surface area contributed by atoms with Gasteiger partial charge < -0.3 is 9.73 Å². The van der Waals surface area contributed by atoms with Gasteiger partial charge in [-0.05, 0) is 55.1 Å². The average Bonchev–Trinajstić information content (AvgIpc) is 3.22. The highest BCUT2D eigenvalue weighted by Gasteiger charge is 2.20. The van der Waals surface area contributed by atoms with Crippen molar-refractivity contribution >= 4 is 5.91 Å². The van der Waals surface area contributed by atoms with E-state index in [2.05, 4.69) is 36.2 Å². The van der Waals surface area contributed by atoms with E-state index in [-0.39, 0.29) is 23.5 Å². The van der Waals surface area contributed by atoms with Crippen molar-refractivity contribution in [1.82, 2.24) is 10.2 Å². The molecule has 0 fully saturated rings. The smallest absolute Gasteiger partial charge is 0.287 e. The number of carbonyl (C=O) groups excluding carboxylic acids is 1. The van der Waals surface area contributed by atoms with E-state index >= 15 is 0 Å². The normalized spacial score (nSPS) is 12.1. The number of halogens is 1. The maximum absolute atomic E-state index is 13.1. The lowest BCUT2D eigenvalue weighted by Gasteiger charge is -2.30. The fraction of sp³-hybridized carbons (Fsp3) is 0.261. The van der Waals surface area contributed by atoms with Gasteiger partial charge in [-0.15, -0.1) is 0 Å². The molecule has 3 rings (SSSR count). The van der Waals surface area contributed by atoms with Gasteiger partial charge in [-0.3, -0.25) is 9.69 Å². The molecule has 1 atom stereocenters. The Labute approximate surface area is 165 Å². The van der Waals surface area contributed by atoms with Crippen LogP contribution in [0.15, 0.2) is 71.1 Å². The molecule has 0 bridgehead atoms. The Bertz CT molecular complexity index is 886. The predicted octanol–water partition coefficient (Wildman–Crippen LogP) is 4.90. The lowest BCUT2D eigenvalue weighted by atomic mass is 10.1. The number of hydrogen-bond donors (Lipinski definition) is 1. The molecule has 1 unspecified atom stereocenters. The van der Waals surface area contributed by atoms with Gasteiger partial charge >= 0.3 is 0 Å². The highest BCUT2D eigenvalue weighted by atomic mass is 19.1. The van der Waals surface area contributed by atoms with E-state index < -0.39 is 0 Å². The van der Waals surface area contributed by atoms with Crippen molar-refractivity contribution in [3.63, 3.8) is 0 Å². The Balaban J connectivity index is 1.70. The topological polar surface area (TPSA) is 45.5 Å². The number of nitrogens with zero attached hydrogens (tertiary/aromatic N) is 1. The Hall–Kier alpha value is -2.92. The monoisotopic (exact) mass is 380 g/mol. The summed E-state index contributed by atoms with van der Waals surface area (Å²) in [6.45, 7) is 6.49. The number of furan rings is 1. The van der Waals surface area contributed by atoms with Gasteiger partial charge in [-0.25, -0.2) is 4.39 Å². The second kappa shape index (κ2) is 9.33. The first-order valence-electron chi connectivity index (χ1n) is 9.55. The zero-order chi connectivity index (χ0) is 19.9. The molecule has 3 aromatic rings. The van der Waals surface area contributed by atoms with Crippen LogP contribution < -0.4 is 5.32 Å². The van der Waals surface area contributed by atoms with Crippen LogP contribution in [0.1, 0.15) is 36.0 Å². The molecule has 4 nitrogen and oxygen atoms in total. The van der Waals surface area contributed by atoms with Crippen molar-refractivity contribution in [2.45, 2.75) is 19.9 Å². The van der Waals surface area contributed by atoms with Crippen LogP contribution in [0.3, 0.4) is 0 Å². The van der Waals surface area contributed by atoms with E-state index in [1.165, 1.54) is 12.1 Å². The van der Waals surface area contributed by atoms with E-state index in [4.69, 9.17) is 4.42 Å². The van der Waals surface area contributed by atoms with Gasteiger partial charge in [-0.2, -0.15) is 0 Å². The summed E-state index contributed by atoms with van der Waals surface area (Å²) in [6, 6.07) is 19.6. The van der Waals surface area contributed by atoms with Gasteiger partial charge in [0, 0.05) is 12.1 Å². The van der Waals surface area contributed by atoms with Gasteiger partial charge in [0.1, 0.15) is 11.6 Å². The molecule has 1 heterocycles. The molecule has 0 spiro atoms. The number of benzene rings is 2.